The van der Waals surface area contributed by atoms with Crippen molar-refractivity contribution in [3.63, 3.8) is 0 Å². The molecule has 2 spiro atoms. The molecule has 8 aromatic rings. The van der Waals surface area contributed by atoms with Crippen LogP contribution in [0.2, 0.25) is 0 Å². The molecule has 0 bridgehead atoms. The van der Waals surface area contributed by atoms with Crippen molar-refractivity contribution in [1.29, 1.82) is 0 Å². The first kappa shape index (κ1) is 30.6. The third-order valence-electron chi connectivity index (χ3n) is 11.5. The minimum atomic E-state index is -2.68. The number of nitrogens with zero attached hydrogens (tertiary/aromatic N) is 2. The molecule has 4 nitrogen and oxygen atoms in total. The van der Waals surface area contributed by atoms with Crippen LogP contribution in [0.4, 0.5) is 0 Å². The lowest BCUT2D eigenvalue weighted by atomic mass is 9.62. The number of pyridine rings is 2. The second-order valence-electron chi connectivity index (χ2n) is 14.0. The van der Waals surface area contributed by atoms with E-state index < -0.39 is 13.5 Å². The van der Waals surface area contributed by atoms with E-state index in [9.17, 15) is 0 Å². The lowest BCUT2D eigenvalue weighted by molar-refractivity contribution is 0.390. The van der Waals surface area contributed by atoms with E-state index >= 15 is 0 Å². The zero-order valence-electron chi connectivity index (χ0n) is 28.7. The highest BCUT2D eigenvalue weighted by molar-refractivity contribution is 8.01. The average molecular weight is 745 g/mol. The topological polar surface area (TPSA) is 44.2 Å². The Morgan fingerprint density at radius 1 is 0.426 bits per heavy atom. The normalized spacial score (nSPS) is 19.0. The molecule has 0 amide bonds. The van der Waals surface area contributed by atoms with Gasteiger partial charge in [0, 0.05) is 49.3 Å². The maximum absolute atomic E-state index is 6.86. The van der Waals surface area contributed by atoms with Crippen molar-refractivity contribution in [1.82, 2.24) is 9.97 Å². The minimum absolute atomic E-state index is 0.618. The molecule has 2 unspecified atom stereocenters. The van der Waals surface area contributed by atoms with Crippen molar-refractivity contribution in [3.05, 3.63) is 192 Å². The largest absolute Gasteiger partial charge is 0.457 e. The molecule has 0 aliphatic carbocycles. The quantitative estimate of drug-likeness (QED) is 0.156. The Bertz CT molecular complexity index is 2570. The zero-order chi connectivity index (χ0) is 35.4. The highest BCUT2D eigenvalue weighted by atomic mass is 32.2. The summed E-state index contributed by atoms with van der Waals surface area (Å²) < 4.78 is 13.3. The van der Waals surface area contributed by atoms with Crippen LogP contribution in [0.5, 0.6) is 23.1 Å². The monoisotopic (exact) mass is 744 g/mol. The molecule has 0 fully saturated rings. The molecular weight excluding hydrogens is 717 g/mol. The molecule has 0 saturated carbocycles. The summed E-state index contributed by atoms with van der Waals surface area (Å²) in [6.07, 6.45) is 3.74. The Morgan fingerprint density at radius 2 is 1.00 bits per heavy atom. The van der Waals surface area contributed by atoms with Gasteiger partial charge in [0.25, 0.3) is 0 Å². The highest BCUT2D eigenvalue weighted by Crippen LogP contribution is 2.61. The van der Waals surface area contributed by atoms with E-state index in [0.29, 0.717) is 5.88 Å². The molecule has 7 heteroatoms. The number of ether oxygens (including phenoxy) is 2. The fourth-order valence-corrected chi connectivity index (χ4v) is 18.4. The smallest absolute Gasteiger partial charge is 0.224 e. The lowest BCUT2D eigenvalue weighted by Crippen LogP contribution is -2.78. The number of para-hydroxylation sites is 2. The van der Waals surface area contributed by atoms with Crippen molar-refractivity contribution in [3.8, 4) is 34.3 Å². The molecule has 254 valence electrons. The Labute approximate surface area is 321 Å². The van der Waals surface area contributed by atoms with Gasteiger partial charge in [-0.25, -0.2) is 9.97 Å². The summed E-state index contributed by atoms with van der Waals surface area (Å²) in [5.41, 5.74) is 5.84. The van der Waals surface area contributed by atoms with Gasteiger partial charge >= 0.3 is 0 Å². The van der Waals surface area contributed by atoms with Crippen LogP contribution in [0.25, 0.3) is 11.1 Å². The van der Waals surface area contributed by atoms with Crippen LogP contribution in [0.3, 0.4) is 0 Å². The second-order valence-corrected chi connectivity index (χ2v) is 19.8. The van der Waals surface area contributed by atoms with E-state index in [1.807, 2.05) is 42.2 Å². The molecule has 0 radical (unpaired) electrons. The first-order chi connectivity index (χ1) is 26.7. The fraction of sp³-hybridized carbons (Fsp3) is 0.0213. The van der Waals surface area contributed by atoms with Gasteiger partial charge in [0.1, 0.15) is 22.3 Å². The molecule has 0 N–H and O–H groups in total. The van der Waals surface area contributed by atoms with Gasteiger partial charge in [-0.1, -0.05) is 133 Å². The molecule has 12 rings (SSSR count). The summed E-state index contributed by atoms with van der Waals surface area (Å²) in [6, 6.07) is 57.2. The Balaban J connectivity index is 1.07. The summed E-state index contributed by atoms with van der Waals surface area (Å²) in [5.74, 6) is 3.09. The van der Waals surface area contributed by atoms with Crippen LogP contribution in [0.15, 0.2) is 190 Å². The van der Waals surface area contributed by atoms with Crippen molar-refractivity contribution in [2.24, 2.45) is 0 Å². The Hall–Kier alpha value is -5.86. The summed E-state index contributed by atoms with van der Waals surface area (Å²) in [5, 5.41) is 6.78. The number of hydrogen-bond acceptors (Lipinski definition) is 6. The summed E-state index contributed by atoms with van der Waals surface area (Å²) in [4.78, 5) is 13.6. The number of benzene rings is 6. The van der Waals surface area contributed by atoms with Crippen LogP contribution in [0, 0.1) is 0 Å². The van der Waals surface area contributed by atoms with Gasteiger partial charge in [0.15, 0.2) is 8.07 Å². The van der Waals surface area contributed by atoms with Crippen molar-refractivity contribution < 1.29 is 9.47 Å². The van der Waals surface area contributed by atoms with E-state index in [0.717, 1.165) is 55.7 Å². The van der Waals surface area contributed by atoms with Gasteiger partial charge in [0.2, 0.25) is 5.88 Å². The van der Waals surface area contributed by atoms with Gasteiger partial charge in [-0.3, -0.25) is 0 Å². The summed E-state index contributed by atoms with van der Waals surface area (Å²) >= 11 is 3.68. The SMILES string of the molecule is c1ccc2c(c1)Oc1cc(-c3ccc4c(c3)Sc3ccccc3[Si]43c4ccccc4Sc4ncccc43)ccc1C21c2ccccc2Oc2ncccc21. The van der Waals surface area contributed by atoms with E-state index in [1.165, 1.54) is 35.4 Å². The molecular formula is C47H28N2O2S2Si. The Kier molecular flexibility index (Phi) is 6.41. The Morgan fingerprint density at radius 3 is 1.81 bits per heavy atom. The van der Waals surface area contributed by atoms with Gasteiger partial charge in [0.05, 0.1) is 5.41 Å². The van der Waals surface area contributed by atoms with Crippen LogP contribution in [-0.4, -0.2) is 18.0 Å². The molecule has 6 heterocycles. The first-order valence-corrected chi connectivity index (χ1v) is 21.7. The fourth-order valence-electron chi connectivity index (χ4n) is 9.36. The third kappa shape index (κ3) is 3.96. The van der Waals surface area contributed by atoms with Crippen LogP contribution >= 0.6 is 23.5 Å². The zero-order valence-corrected chi connectivity index (χ0v) is 31.3. The van der Waals surface area contributed by atoms with Crippen molar-refractivity contribution in [2.45, 2.75) is 25.1 Å². The standard InChI is InChI=1S/C47H28N2O2S2Si/c1-3-14-35-31(11-1)47(32-12-2-4-15-36(32)51-45-34(47)13-9-25-48-45)33-23-21-29(27-37(33)50-35)30-22-24-43-40(28-30)52-38-16-5-7-18-41(38)54(43)42-19-8-6-17-39(42)53-46-44(54)20-10-26-49-46/h1-28H. The van der Waals surface area contributed by atoms with Gasteiger partial charge in [-0.2, -0.15) is 0 Å². The van der Waals surface area contributed by atoms with Crippen molar-refractivity contribution >= 4 is 52.3 Å². The van der Waals surface area contributed by atoms with Crippen LogP contribution in [0.1, 0.15) is 22.3 Å². The highest BCUT2D eigenvalue weighted by Gasteiger charge is 2.53. The van der Waals surface area contributed by atoms with Gasteiger partial charge in [-0.05, 0) is 80.4 Å². The van der Waals surface area contributed by atoms with Crippen molar-refractivity contribution in [2.75, 3.05) is 0 Å². The van der Waals surface area contributed by atoms with Crippen LogP contribution < -0.4 is 30.2 Å². The third-order valence-corrected chi connectivity index (χ3v) is 19.4. The summed E-state index contributed by atoms with van der Waals surface area (Å²) in [7, 11) is -2.68. The molecule has 0 saturated heterocycles. The minimum Gasteiger partial charge on any atom is -0.457 e. The predicted molar refractivity (Wildman–Crippen MR) is 218 cm³/mol. The number of fused-ring (bicyclic) bond motifs is 16. The average Bonchev–Trinajstić information content (AvgIpc) is 3.23. The number of hydrogen-bond donors (Lipinski definition) is 0. The number of rotatable bonds is 1. The maximum atomic E-state index is 6.86. The van der Waals surface area contributed by atoms with Gasteiger partial charge in [-0.15, -0.1) is 0 Å². The van der Waals surface area contributed by atoms with E-state index in [4.69, 9.17) is 19.4 Å². The molecule has 2 atom stereocenters. The molecule has 4 aliphatic heterocycles. The molecule has 4 aliphatic rings. The van der Waals surface area contributed by atoms with Gasteiger partial charge < -0.3 is 9.47 Å². The number of aromatic nitrogens is 2. The van der Waals surface area contributed by atoms with E-state index in [-0.39, 0.29) is 0 Å². The molecule has 2 aromatic heterocycles. The maximum Gasteiger partial charge on any atom is 0.224 e. The van der Waals surface area contributed by atoms with E-state index in [1.54, 1.807) is 18.0 Å². The molecule has 54 heavy (non-hydrogen) atoms. The lowest BCUT2D eigenvalue weighted by Gasteiger charge is -2.44. The first-order valence-electron chi connectivity index (χ1n) is 18.0. The van der Waals surface area contributed by atoms with E-state index in [2.05, 4.69) is 133 Å². The summed E-state index contributed by atoms with van der Waals surface area (Å²) in [6.45, 7) is 0. The van der Waals surface area contributed by atoms with Crippen LogP contribution in [-0.2, 0) is 5.41 Å². The second kappa shape index (κ2) is 11.3. The molecule has 6 aromatic carbocycles. The predicted octanol–water partition coefficient (Wildman–Crippen LogP) is 9.04.